The highest BCUT2D eigenvalue weighted by Crippen LogP contribution is 2.30. The minimum absolute atomic E-state index is 0.538. The zero-order valence-electron chi connectivity index (χ0n) is 13.8. The third kappa shape index (κ3) is 4.02. The Morgan fingerprint density at radius 1 is 0.818 bits per heavy atom. The molecule has 118 valence electrons. The van der Waals surface area contributed by atoms with E-state index in [0.717, 1.165) is 0 Å². The van der Waals surface area contributed by atoms with Gasteiger partial charge in [0.25, 0.3) is 0 Å². The molecule has 1 atom stereocenters. The molecule has 0 bridgehead atoms. The Bertz CT molecular complexity index is 499. The van der Waals surface area contributed by atoms with Gasteiger partial charge < -0.3 is 0 Å². The molecule has 0 amide bonds. The molecule has 0 saturated heterocycles. The van der Waals surface area contributed by atoms with E-state index in [-0.39, 0.29) is 0 Å². The molecule has 0 spiro atoms. The molecule has 0 nitrogen and oxygen atoms in total. The maximum absolute atomic E-state index is 7.39. The van der Waals surface area contributed by atoms with Crippen molar-refractivity contribution in [2.45, 2.75) is 51.5 Å². The van der Waals surface area contributed by atoms with Gasteiger partial charge in [0.05, 0.1) is 0 Å². The van der Waals surface area contributed by atoms with Crippen molar-refractivity contribution in [3.8, 4) is 0 Å². The van der Waals surface area contributed by atoms with Gasteiger partial charge in [-0.3, -0.25) is 0 Å². The van der Waals surface area contributed by atoms with Crippen molar-refractivity contribution in [2.75, 3.05) is 0 Å². The Hall–Kier alpha value is -1.05. The monoisotopic (exact) mass is 330 g/mol. The smallest absolute Gasteiger partial charge is 0.155 e. The molecule has 0 aliphatic heterocycles. The standard InChI is InChI=1S/C20H27ClSi/c1-3-4-5-8-13-18(2)22(21,19-14-9-6-10-15-19)20-16-11-7-12-17-20/h6-7,9-12,14-18H,3-5,8,13H2,1-2H3. The maximum Gasteiger partial charge on any atom is 0.220 e. The quantitative estimate of drug-likeness (QED) is 0.348. The lowest BCUT2D eigenvalue weighted by Gasteiger charge is -2.32. The van der Waals surface area contributed by atoms with Crippen LogP contribution in [0.25, 0.3) is 0 Å². The lowest BCUT2D eigenvalue weighted by atomic mass is 10.1. The zero-order valence-corrected chi connectivity index (χ0v) is 15.5. The fourth-order valence-corrected chi connectivity index (χ4v) is 7.68. The Morgan fingerprint density at radius 3 is 1.77 bits per heavy atom. The highest BCUT2D eigenvalue weighted by molar-refractivity contribution is 7.34. The van der Waals surface area contributed by atoms with Crippen LogP contribution >= 0.6 is 11.1 Å². The lowest BCUT2D eigenvalue weighted by Crippen LogP contribution is -2.56. The number of benzene rings is 2. The second-order valence-corrected chi connectivity index (χ2v) is 11.5. The summed E-state index contributed by atoms with van der Waals surface area (Å²) in [6.07, 6.45) is 6.46. The molecule has 0 fully saturated rings. The van der Waals surface area contributed by atoms with Crippen LogP contribution in [0.5, 0.6) is 0 Å². The zero-order chi connectivity index (χ0) is 15.8. The number of hydrogen-bond donors (Lipinski definition) is 0. The lowest BCUT2D eigenvalue weighted by molar-refractivity contribution is 0.620. The van der Waals surface area contributed by atoms with Crippen LogP contribution in [0.1, 0.15) is 46.0 Å². The van der Waals surface area contributed by atoms with Gasteiger partial charge in [0, 0.05) is 0 Å². The van der Waals surface area contributed by atoms with E-state index in [2.05, 4.69) is 74.5 Å². The predicted molar refractivity (Wildman–Crippen MR) is 102 cm³/mol. The maximum atomic E-state index is 7.39. The Morgan fingerprint density at radius 2 is 1.32 bits per heavy atom. The summed E-state index contributed by atoms with van der Waals surface area (Å²) in [5.41, 5.74) is 0.538. The number of rotatable bonds is 8. The van der Waals surface area contributed by atoms with Crippen molar-refractivity contribution in [3.63, 3.8) is 0 Å². The normalized spacial score (nSPS) is 13.0. The van der Waals surface area contributed by atoms with E-state index >= 15 is 0 Å². The van der Waals surface area contributed by atoms with Crippen molar-refractivity contribution in [1.29, 1.82) is 0 Å². The van der Waals surface area contributed by atoms with Crippen molar-refractivity contribution >= 4 is 28.8 Å². The fraction of sp³-hybridized carbons (Fsp3) is 0.400. The molecule has 0 saturated carbocycles. The Balaban J connectivity index is 2.26. The average Bonchev–Trinajstić information content (AvgIpc) is 2.59. The first-order valence-electron chi connectivity index (χ1n) is 8.49. The van der Waals surface area contributed by atoms with E-state index in [1.807, 2.05) is 0 Å². The van der Waals surface area contributed by atoms with Gasteiger partial charge in [-0.25, -0.2) is 0 Å². The summed E-state index contributed by atoms with van der Waals surface area (Å²) in [5.74, 6) is 0. The molecule has 0 aromatic heterocycles. The average molecular weight is 331 g/mol. The molecular weight excluding hydrogens is 304 g/mol. The van der Waals surface area contributed by atoms with E-state index in [4.69, 9.17) is 11.1 Å². The molecule has 0 aliphatic rings. The first kappa shape index (κ1) is 17.3. The topological polar surface area (TPSA) is 0 Å². The molecular formula is C20H27ClSi. The molecule has 2 heteroatoms. The number of hydrogen-bond acceptors (Lipinski definition) is 0. The minimum Gasteiger partial charge on any atom is -0.155 e. The highest BCUT2D eigenvalue weighted by atomic mass is 35.6. The summed E-state index contributed by atoms with van der Waals surface area (Å²) in [7, 11) is -2.19. The van der Waals surface area contributed by atoms with Crippen LogP contribution in [0.15, 0.2) is 60.7 Å². The first-order chi connectivity index (χ1) is 10.7. The first-order valence-corrected chi connectivity index (χ1v) is 11.6. The second kappa shape index (κ2) is 8.55. The van der Waals surface area contributed by atoms with Crippen LogP contribution < -0.4 is 10.4 Å². The molecule has 0 N–H and O–H groups in total. The van der Waals surface area contributed by atoms with Crippen LogP contribution in [-0.2, 0) is 0 Å². The second-order valence-electron chi connectivity index (χ2n) is 6.19. The molecule has 0 heterocycles. The van der Waals surface area contributed by atoms with Crippen LogP contribution in [0.3, 0.4) is 0 Å². The number of halogens is 1. The van der Waals surface area contributed by atoms with Crippen molar-refractivity contribution < 1.29 is 0 Å². The Labute approximate surface area is 141 Å². The van der Waals surface area contributed by atoms with Gasteiger partial charge in [0.15, 0.2) is 0 Å². The molecule has 2 rings (SSSR count). The molecule has 2 aromatic rings. The third-order valence-electron chi connectivity index (χ3n) is 4.56. The minimum atomic E-state index is -2.19. The molecule has 0 aliphatic carbocycles. The molecule has 1 unspecified atom stereocenters. The van der Waals surface area contributed by atoms with Crippen molar-refractivity contribution in [3.05, 3.63) is 60.7 Å². The molecule has 0 radical (unpaired) electrons. The Kier molecular flexibility index (Phi) is 6.72. The summed E-state index contributed by atoms with van der Waals surface area (Å²) in [6, 6.07) is 21.5. The third-order valence-corrected chi connectivity index (χ3v) is 11.0. The van der Waals surface area contributed by atoms with Gasteiger partial charge in [0.2, 0.25) is 7.38 Å². The van der Waals surface area contributed by atoms with Crippen LogP contribution in [-0.4, -0.2) is 7.38 Å². The van der Waals surface area contributed by atoms with Gasteiger partial charge in [-0.05, 0) is 15.9 Å². The van der Waals surface area contributed by atoms with Crippen molar-refractivity contribution in [2.24, 2.45) is 0 Å². The van der Waals surface area contributed by atoms with Gasteiger partial charge in [-0.15, -0.1) is 0 Å². The summed E-state index contributed by atoms with van der Waals surface area (Å²) < 4.78 is 0. The number of unbranched alkanes of at least 4 members (excludes halogenated alkanes) is 3. The van der Waals surface area contributed by atoms with E-state index in [1.165, 1.54) is 42.5 Å². The SMILES string of the molecule is CCCCCCC(C)[Si](Cl)(c1ccccc1)c1ccccc1. The van der Waals surface area contributed by atoms with Crippen LogP contribution in [0, 0.1) is 0 Å². The fourth-order valence-electron chi connectivity index (χ4n) is 3.17. The summed E-state index contributed by atoms with van der Waals surface area (Å²) in [4.78, 5) is 0. The van der Waals surface area contributed by atoms with Gasteiger partial charge in [-0.2, -0.15) is 11.1 Å². The van der Waals surface area contributed by atoms with Crippen LogP contribution in [0.4, 0.5) is 0 Å². The van der Waals surface area contributed by atoms with Crippen LogP contribution in [0.2, 0.25) is 5.54 Å². The molecule has 22 heavy (non-hydrogen) atoms. The summed E-state index contributed by atoms with van der Waals surface area (Å²) in [6.45, 7) is 4.61. The highest BCUT2D eigenvalue weighted by Gasteiger charge is 2.40. The van der Waals surface area contributed by atoms with E-state index in [0.29, 0.717) is 5.54 Å². The van der Waals surface area contributed by atoms with Crippen molar-refractivity contribution in [1.82, 2.24) is 0 Å². The van der Waals surface area contributed by atoms with E-state index in [1.54, 1.807) is 0 Å². The van der Waals surface area contributed by atoms with Gasteiger partial charge in [-0.1, -0.05) is 107 Å². The summed E-state index contributed by atoms with van der Waals surface area (Å²) >= 11 is 7.39. The summed E-state index contributed by atoms with van der Waals surface area (Å²) in [5, 5.41) is 2.68. The van der Waals surface area contributed by atoms with E-state index in [9.17, 15) is 0 Å². The molecule has 2 aromatic carbocycles. The van der Waals surface area contributed by atoms with Gasteiger partial charge in [0.1, 0.15) is 0 Å². The van der Waals surface area contributed by atoms with Gasteiger partial charge >= 0.3 is 0 Å². The largest absolute Gasteiger partial charge is 0.220 e. The van der Waals surface area contributed by atoms with E-state index < -0.39 is 7.38 Å². The predicted octanol–water partition coefficient (Wildman–Crippen LogP) is 5.35.